The second-order valence-corrected chi connectivity index (χ2v) is 13.6. The summed E-state index contributed by atoms with van der Waals surface area (Å²) in [6, 6.07) is 7.06. The summed E-state index contributed by atoms with van der Waals surface area (Å²) in [6.45, 7) is 2.72. The van der Waals surface area contributed by atoms with Crippen LogP contribution in [0.5, 0.6) is 0 Å². The first-order valence-electron chi connectivity index (χ1n) is 14.4. The Morgan fingerprint density at radius 2 is 2.00 bits per heavy atom. The summed E-state index contributed by atoms with van der Waals surface area (Å²) in [5.74, 6) is -0.442. The molecule has 1 aromatic heterocycles. The maximum atomic E-state index is 14.5. The molecule has 4 atom stereocenters. The molecule has 41 heavy (non-hydrogen) atoms. The highest BCUT2D eigenvalue weighted by atomic mass is 35.5. The number of hydrogen-bond donors (Lipinski definition) is 1. The molecule has 4 unspecified atom stereocenters. The molecule has 2 aliphatic heterocycles. The number of carbonyl (C=O) groups excluding carboxylic acids is 3. The van der Waals surface area contributed by atoms with Crippen LogP contribution in [0.4, 0.5) is 5.69 Å². The number of fused-ring (bicyclic) bond motifs is 3. The van der Waals surface area contributed by atoms with Crippen molar-refractivity contribution in [2.75, 3.05) is 19.0 Å². The average Bonchev–Trinajstić information content (AvgIpc) is 3.23. The first-order chi connectivity index (χ1) is 19.6. The van der Waals surface area contributed by atoms with Gasteiger partial charge in [0, 0.05) is 65.9 Å². The van der Waals surface area contributed by atoms with Crippen molar-refractivity contribution < 1.29 is 14.4 Å². The molecule has 0 radical (unpaired) electrons. The highest BCUT2D eigenvalue weighted by molar-refractivity contribution is 6.31. The summed E-state index contributed by atoms with van der Waals surface area (Å²) >= 11 is 12.9. The van der Waals surface area contributed by atoms with Gasteiger partial charge in [-0.05, 0) is 49.8 Å². The van der Waals surface area contributed by atoms with Crippen molar-refractivity contribution in [3.8, 4) is 0 Å². The van der Waals surface area contributed by atoms with Gasteiger partial charge in [-0.25, -0.2) is 0 Å². The predicted octanol–water partition coefficient (Wildman–Crippen LogP) is 4.90. The van der Waals surface area contributed by atoms with Gasteiger partial charge in [-0.1, -0.05) is 43.2 Å². The zero-order valence-electron chi connectivity index (χ0n) is 23.4. The van der Waals surface area contributed by atoms with Gasteiger partial charge in [-0.2, -0.15) is 5.10 Å². The molecule has 3 aliphatic carbocycles. The Labute approximate surface area is 249 Å². The van der Waals surface area contributed by atoms with E-state index < -0.39 is 5.54 Å². The number of allylic oxidation sites excluding steroid dienone is 2. The molecule has 1 aromatic carbocycles. The van der Waals surface area contributed by atoms with Crippen molar-refractivity contribution in [2.24, 2.45) is 11.8 Å². The Bertz CT molecular complexity index is 1570. The van der Waals surface area contributed by atoms with Gasteiger partial charge in [-0.15, -0.1) is 11.6 Å². The minimum Gasteiger partial charge on any atom is -0.349 e. The summed E-state index contributed by atoms with van der Waals surface area (Å²) in [7, 11) is 3.60. The Morgan fingerprint density at radius 1 is 1.22 bits per heavy atom. The summed E-state index contributed by atoms with van der Waals surface area (Å²) in [4.78, 5) is 45.1. The summed E-state index contributed by atoms with van der Waals surface area (Å²) in [5.41, 5.74) is 2.25. The number of anilines is 1. The Balaban J connectivity index is 1.44. The van der Waals surface area contributed by atoms with Crippen LogP contribution < -0.4 is 10.2 Å². The lowest BCUT2D eigenvalue weighted by Gasteiger charge is -2.37. The molecule has 2 aromatic rings. The molecule has 3 amide bonds. The number of carbonyl (C=O) groups is 3. The van der Waals surface area contributed by atoms with Crippen LogP contribution in [0.2, 0.25) is 5.02 Å². The number of nitrogens with one attached hydrogen (secondary N) is 1. The molecule has 0 saturated heterocycles. The van der Waals surface area contributed by atoms with Gasteiger partial charge in [0.2, 0.25) is 5.91 Å². The van der Waals surface area contributed by atoms with Crippen molar-refractivity contribution in [2.45, 2.75) is 68.3 Å². The van der Waals surface area contributed by atoms with Gasteiger partial charge in [0.1, 0.15) is 0 Å². The normalized spacial score (nSPS) is 29.3. The van der Waals surface area contributed by atoms with Gasteiger partial charge in [0.25, 0.3) is 11.8 Å². The second-order valence-electron chi connectivity index (χ2n) is 12.6. The van der Waals surface area contributed by atoms with E-state index in [1.54, 1.807) is 42.1 Å². The molecule has 2 fully saturated rings. The van der Waals surface area contributed by atoms with Crippen LogP contribution in [-0.2, 0) is 27.1 Å². The van der Waals surface area contributed by atoms with Crippen LogP contribution in [-0.4, -0.2) is 51.9 Å². The van der Waals surface area contributed by atoms with E-state index in [0.29, 0.717) is 34.9 Å². The Kier molecular flexibility index (Phi) is 6.01. The lowest BCUT2D eigenvalue weighted by molar-refractivity contribution is -0.134. The zero-order chi connectivity index (χ0) is 28.8. The van der Waals surface area contributed by atoms with Gasteiger partial charge in [0.05, 0.1) is 11.1 Å². The molecule has 5 aliphatic rings. The van der Waals surface area contributed by atoms with Gasteiger partial charge >= 0.3 is 0 Å². The van der Waals surface area contributed by atoms with Gasteiger partial charge < -0.3 is 10.2 Å². The van der Waals surface area contributed by atoms with Crippen LogP contribution in [0, 0.1) is 11.8 Å². The average molecular weight is 595 g/mol. The van der Waals surface area contributed by atoms with E-state index in [4.69, 9.17) is 28.3 Å². The topological polar surface area (TPSA) is 87.5 Å². The molecule has 7 rings (SSSR count). The minimum absolute atomic E-state index is 0.0810. The number of rotatable bonds is 5. The van der Waals surface area contributed by atoms with E-state index in [1.165, 1.54) is 0 Å². The lowest BCUT2D eigenvalue weighted by atomic mass is 9.78. The highest BCUT2D eigenvalue weighted by Gasteiger charge is 2.66. The van der Waals surface area contributed by atoms with Crippen molar-refractivity contribution >= 4 is 46.6 Å². The fourth-order valence-corrected chi connectivity index (χ4v) is 7.92. The fraction of sp³-hybridized carbons (Fsp3) is 0.484. The number of hydrogen-bond acceptors (Lipinski definition) is 4. The van der Waals surface area contributed by atoms with Crippen LogP contribution in [0.25, 0.3) is 0 Å². The monoisotopic (exact) mass is 593 g/mol. The van der Waals surface area contributed by atoms with E-state index in [9.17, 15) is 14.4 Å². The van der Waals surface area contributed by atoms with Gasteiger partial charge in [-0.3, -0.25) is 24.0 Å². The SMILES string of the molecule is CN(C)C(=O)C1CCCC1Cn1nc2c(c1C1(C)CC1)C1(C(=O)NC3=C1C=CC(Cl)C3)N(c1cccc(Cl)c1)C2=O. The maximum absolute atomic E-state index is 14.5. The summed E-state index contributed by atoms with van der Waals surface area (Å²) in [6.07, 6.45) is 8.88. The maximum Gasteiger partial charge on any atom is 0.280 e. The van der Waals surface area contributed by atoms with Crippen LogP contribution in [0.15, 0.2) is 47.7 Å². The molecule has 1 spiro atoms. The van der Waals surface area contributed by atoms with Crippen molar-refractivity contribution in [3.63, 3.8) is 0 Å². The van der Waals surface area contributed by atoms with Gasteiger partial charge in [0.15, 0.2) is 11.2 Å². The molecule has 3 heterocycles. The largest absolute Gasteiger partial charge is 0.349 e. The molecule has 1 N–H and O–H groups in total. The number of amides is 3. The zero-order valence-corrected chi connectivity index (χ0v) is 24.9. The third-order valence-electron chi connectivity index (χ3n) is 9.70. The first kappa shape index (κ1) is 26.8. The standard InChI is InChI=1S/C31H33Cl2N5O3/c1-30(12-13-30)26-24-25(35-37(26)16-17-6-4-9-21(17)27(39)36(2)3)28(40)38(20-8-5-7-18(32)14-20)31(24)22-11-10-19(33)15-23(22)34-29(31)41/h5,7-8,10-11,14,17,19,21H,4,6,9,12-13,15-16H2,1-3H3,(H,34,41). The third-order valence-corrected chi connectivity index (χ3v) is 10.2. The quantitative estimate of drug-likeness (QED) is 0.499. The van der Waals surface area contributed by atoms with Crippen LogP contribution >= 0.6 is 23.2 Å². The smallest absolute Gasteiger partial charge is 0.280 e. The molecule has 10 heteroatoms. The molecule has 2 saturated carbocycles. The lowest BCUT2D eigenvalue weighted by Crippen LogP contribution is -2.52. The van der Waals surface area contributed by atoms with E-state index in [-0.39, 0.29) is 40.3 Å². The van der Waals surface area contributed by atoms with E-state index in [0.717, 1.165) is 49.1 Å². The molecular weight excluding hydrogens is 561 g/mol. The highest BCUT2D eigenvalue weighted by Crippen LogP contribution is 2.59. The third kappa shape index (κ3) is 3.79. The van der Waals surface area contributed by atoms with Crippen molar-refractivity contribution in [3.05, 3.63) is 69.7 Å². The molecule has 0 bridgehead atoms. The van der Waals surface area contributed by atoms with E-state index >= 15 is 0 Å². The second kappa shape index (κ2) is 9.20. The Morgan fingerprint density at radius 3 is 2.71 bits per heavy atom. The van der Waals surface area contributed by atoms with Crippen LogP contribution in [0.1, 0.15) is 67.2 Å². The number of nitrogens with zero attached hydrogens (tertiary/aromatic N) is 4. The number of alkyl halides is 1. The fourth-order valence-electron chi connectivity index (χ4n) is 7.51. The summed E-state index contributed by atoms with van der Waals surface area (Å²) in [5, 5.41) is 8.32. The predicted molar refractivity (Wildman–Crippen MR) is 157 cm³/mol. The van der Waals surface area contributed by atoms with E-state index in [2.05, 4.69) is 12.2 Å². The minimum atomic E-state index is -1.42. The summed E-state index contributed by atoms with van der Waals surface area (Å²) < 4.78 is 1.97. The van der Waals surface area contributed by atoms with E-state index in [1.807, 2.05) is 22.9 Å². The van der Waals surface area contributed by atoms with Crippen molar-refractivity contribution in [1.82, 2.24) is 20.0 Å². The van der Waals surface area contributed by atoms with Crippen LogP contribution in [0.3, 0.4) is 0 Å². The first-order valence-corrected chi connectivity index (χ1v) is 15.2. The number of benzene rings is 1. The number of halogens is 2. The molecule has 214 valence electrons. The number of aromatic nitrogens is 2. The molecule has 8 nitrogen and oxygen atoms in total. The Hall–Kier alpha value is -3.10. The molecular formula is C31H33Cl2N5O3. The van der Waals surface area contributed by atoms with Crippen molar-refractivity contribution in [1.29, 1.82) is 0 Å².